The molecule has 5 rings (SSSR count). The normalized spacial score (nSPS) is 18.2. The van der Waals surface area contributed by atoms with Crippen molar-refractivity contribution in [2.45, 2.75) is 19.9 Å². The third-order valence-corrected chi connectivity index (χ3v) is 6.50. The van der Waals surface area contributed by atoms with Gasteiger partial charge in [0, 0.05) is 43.6 Å². The van der Waals surface area contributed by atoms with Gasteiger partial charge in [-0.05, 0) is 54.8 Å². The van der Waals surface area contributed by atoms with Crippen molar-refractivity contribution < 1.29 is 14.3 Å². The molecule has 0 bridgehead atoms. The molecule has 2 aliphatic heterocycles. The fourth-order valence-corrected chi connectivity index (χ4v) is 4.74. The number of ether oxygens (including phenoxy) is 1. The van der Waals surface area contributed by atoms with Crippen LogP contribution in [0.5, 0.6) is 0 Å². The van der Waals surface area contributed by atoms with Gasteiger partial charge < -0.3 is 14.5 Å². The lowest BCUT2D eigenvalue weighted by atomic mass is 10.1. The zero-order valence-electron chi connectivity index (χ0n) is 19.5. The Kier molecular flexibility index (Phi) is 5.92. The van der Waals surface area contributed by atoms with Gasteiger partial charge in [-0.2, -0.15) is 0 Å². The van der Waals surface area contributed by atoms with E-state index in [9.17, 15) is 9.59 Å². The van der Waals surface area contributed by atoms with E-state index in [-0.39, 0.29) is 18.0 Å². The molecule has 1 atom stereocenters. The molecule has 2 amide bonds. The fraction of sp³-hybridized carbons (Fsp3) is 0.296. The molecular formula is C27H28N4O3. The number of amides is 2. The van der Waals surface area contributed by atoms with Gasteiger partial charge in [0.25, 0.3) is 5.91 Å². The van der Waals surface area contributed by atoms with Crippen molar-refractivity contribution in [1.29, 1.82) is 0 Å². The van der Waals surface area contributed by atoms with Gasteiger partial charge in [0.05, 0.1) is 6.04 Å². The zero-order chi connectivity index (χ0) is 23.7. The Morgan fingerprint density at radius 2 is 1.68 bits per heavy atom. The minimum atomic E-state index is -0.371. The number of carbonyl (C=O) groups is 2. The predicted octanol–water partition coefficient (Wildman–Crippen LogP) is 4.36. The number of aromatic nitrogens is 1. The van der Waals surface area contributed by atoms with Crippen LogP contribution in [0.1, 0.15) is 33.1 Å². The van der Waals surface area contributed by atoms with Crippen molar-refractivity contribution >= 4 is 23.5 Å². The van der Waals surface area contributed by atoms with E-state index >= 15 is 0 Å². The molecule has 0 radical (unpaired) electrons. The molecule has 1 unspecified atom stereocenters. The SMILES string of the molecule is Cc1cnc(N2CCN(C(=O)c3ccc(N4C(=O)OCC4c4ccccc4)cc3)CC2)c(C)c1. The number of carbonyl (C=O) groups excluding carboxylic acids is 2. The van der Waals surface area contributed by atoms with Crippen LogP contribution in [0.25, 0.3) is 0 Å². The number of rotatable bonds is 4. The van der Waals surface area contributed by atoms with Gasteiger partial charge in [-0.3, -0.25) is 9.69 Å². The Bertz CT molecular complexity index is 1190. The number of pyridine rings is 1. The summed E-state index contributed by atoms with van der Waals surface area (Å²) in [6.45, 7) is 7.21. The molecule has 3 heterocycles. The molecule has 34 heavy (non-hydrogen) atoms. The summed E-state index contributed by atoms with van der Waals surface area (Å²) < 4.78 is 5.32. The molecule has 0 saturated carbocycles. The Morgan fingerprint density at radius 1 is 0.971 bits per heavy atom. The smallest absolute Gasteiger partial charge is 0.415 e. The van der Waals surface area contributed by atoms with Gasteiger partial charge in [-0.1, -0.05) is 36.4 Å². The molecular weight excluding hydrogens is 428 g/mol. The van der Waals surface area contributed by atoms with Gasteiger partial charge >= 0.3 is 6.09 Å². The molecule has 7 nitrogen and oxygen atoms in total. The largest absolute Gasteiger partial charge is 0.447 e. The fourth-order valence-electron chi connectivity index (χ4n) is 4.74. The van der Waals surface area contributed by atoms with E-state index in [2.05, 4.69) is 22.9 Å². The number of anilines is 2. The Balaban J connectivity index is 1.26. The Morgan fingerprint density at radius 3 is 2.35 bits per heavy atom. The van der Waals surface area contributed by atoms with Gasteiger partial charge in [0.15, 0.2) is 0 Å². The molecule has 174 valence electrons. The first-order chi connectivity index (χ1) is 16.5. The van der Waals surface area contributed by atoms with Crippen molar-refractivity contribution in [2.75, 3.05) is 42.6 Å². The van der Waals surface area contributed by atoms with Crippen LogP contribution >= 0.6 is 0 Å². The summed E-state index contributed by atoms with van der Waals surface area (Å²) in [4.78, 5) is 35.9. The summed E-state index contributed by atoms with van der Waals surface area (Å²) in [6, 6.07) is 19.0. The number of cyclic esters (lactones) is 1. The second kappa shape index (κ2) is 9.17. The average molecular weight is 457 g/mol. The number of nitrogens with zero attached hydrogens (tertiary/aromatic N) is 4. The topological polar surface area (TPSA) is 66.0 Å². The highest BCUT2D eigenvalue weighted by Gasteiger charge is 2.35. The monoisotopic (exact) mass is 456 g/mol. The van der Waals surface area contributed by atoms with E-state index in [0.29, 0.717) is 25.3 Å². The van der Waals surface area contributed by atoms with Gasteiger partial charge in [0.1, 0.15) is 12.4 Å². The highest BCUT2D eigenvalue weighted by Crippen LogP contribution is 2.33. The van der Waals surface area contributed by atoms with E-state index in [1.54, 1.807) is 17.0 Å². The van der Waals surface area contributed by atoms with Gasteiger partial charge in [0.2, 0.25) is 0 Å². The molecule has 2 aromatic carbocycles. The Hall–Kier alpha value is -3.87. The first-order valence-electron chi connectivity index (χ1n) is 11.6. The maximum Gasteiger partial charge on any atom is 0.415 e. The van der Waals surface area contributed by atoms with Crippen molar-refractivity contribution in [1.82, 2.24) is 9.88 Å². The number of benzene rings is 2. The standard InChI is InChI=1S/C27H28N4O3/c1-19-16-20(2)25(28-17-19)29-12-14-30(15-13-29)26(32)22-8-10-23(11-9-22)31-24(18-34-27(31)33)21-6-4-3-5-7-21/h3-11,16-17,24H,12-15,18H2,1-2H3. The third-order valence-electron chi connectivity index (χ3n) is 6.50. The maximum absolute atomic E-state index is 13.1. The van der Waals surface area contributed by atoms with Crippen molar-refractivity contribution in [2.24, 2.45) is 0 Å². The lowest BCUT2D eigenvalue weighted by molar-refractivity contribution is 0.0746. The molecule has 2 fully saturated rings. The number of hydrogen-bond acceptors (Lipinski definition) is 5. The van der Waals surface area contributed by atoms with Crippen molar-refractivity contribution in [3.05, 3.63) is 89.1 Å². The second-order valence-electron chi connectivity index (χ2n) is 8.85. The molecule has 7 heteroatoms. The minimum absolute atomic E-state index is 0.00314. The molecule has 0 N–H and O–H groups in total. The molecule has 1 aromatic heterocycles. The number of piperazine rings is 1. The van der Waals surface area contributed by atoms with Crippen LogP contribution in [-0.2, 0) is 4.74 Å². The van der Waals surface area contributed by atoms with Crippen molar-refractivity contribution in [3.63, 3.8) is 0 Å². The first-order valence-corrected chi connectivity index (χ1v) is 11.6. The molecule has 0 aliphatic carbocycles. The minimum Gasteiger partial charge on any atom is -0.447 e. The van der Waals surface area contributed by atoms with Crippen LogP contribution in [0.4, 0.5) is 16.3 Å². The lowest BCUT2D eigenvalue weighted by Crippen LogP contribution is -2.49. The summed E-state index contributed by atoms with van der Waals surface area (Å²) in [5.41, 5.74) is 4.66. The van der Waals surface area contributed by atoms with Gasteiger partial charge in [-0.15, -0.1) is 0 Å². The summed E-state index contributed by atoms with van der Waals surface area (Å²) >= 11 is 0. The first kappa shape index (κ1) is 21.9. The van der Waals surface area contributed by atoms with Crippen LogP contribution in [0.15, 0.2) is 66.9 Å². The summed E-state index contributed by atoms with van der Waals surface area (Å²) in [5.74, 6) is 0.996. The summed E-state index contributed by atoms with van der Waals surface area (Å²) in [7, 11) is 0. The molecule has 3 aromatic rings. The van der Waals surface area contributed by atoms with Crippen LogP contribution in [0.3, 0.4) is 0 Å². The van der Waals surface area contributed by atoms with Crippen LogP contribution in [0, 0.1) is 13.8 Å². The lowest BCUT2D eigenvalue weighted by Gasteiger charge is -2.36. The average Bonchev–Trinajstić information content (AvgIpc) is 3.26. The summed E-state index contributed by atoms with van der Waals surface area (Å²) in [6.07, 6.45) is 1.52. The molecule has 2 aliphatic rings. The van der Waals surface area contributed by atoms with E-state index in [4.69, 9.17) is 4.74 Å². The Labute approximate surface area is 199 Å². The quantitative estimate of drug-likeness (QED) is 0.584. The van der Waals surface area contributed by atoms with E-state index in [1.807, 2.05) is 60.5 Å². The molecule has 2 saturated heterocycles. The van der Waals surface area contributed by atoms with E-state index in [0.717, 1.165) is 41.3 Å². The van der Waals surface area contributed by atoms with Crippen LogP contribution in [0.2, 0.25) is 0 Å². The second-order valence-corrected chi connectivity index (χ2v) is 8.85. The van der Waals surface area contributed by atoms with E-state index < -0.39 is 0 Å². The predicted molar refractivity (Wildman–Crippen MR) is 131 cm³/mol. The number of hydrogen-bond donors (Lipinski definition) is 0. The number of aryl methyl sites for hydroxylation is 2. The highest BCUT2D eigenvalue weighted by atomic mass is 16.6. The highest BCUT2D eigenvalue weighted by molar-refractivity contribution is 5.96. The van der Waals surface area contributed by atoms with E-state index in [1.165, 1.54) is 0 Å². The van der Waals surface area contributed by atoms with Crippen molar-refractivity contribution in [3.8, 4) is 0 Å². The maximum atomic E-state index is 13.1. The molecule has 0 spiro atoms. The van der Waals surface area contributed by atoms with Gasteiger partial charge in [-0.25, -0.2) is 9.78 Å². The van der Waals surface area contributed by atoms with Crippen LogP contribution < -0.4 is 9.80 Å². The third kappa shape index (κ3) is 4.21. The van der Waals surface area contributed by atoms with Crippen LogP contribution in [-0.4, -0.2) is 54.7 Å². The summed E-state index contributed by atoms with van der Waals surface area (Å²) in [5, 5.41) is 0. The zero-order valence-corrected chi connectivity index (χ0v) is 19.5.